The molecule has 1 rings (SSSR count). The van der Waals surface area contributed by atoms with Crippen molar-refractivity contribution in [3.05, 3.63) is 29.8 Å². The van der Waals surface area contributed by atoms with Crippen LogP contribution in [0.5, 0.6) is 5.75 Å². The van der Waals surface area contributed by atoms with Crippen molar-refractivity contribution in [1.82, 2.24) is 5.32 Å². The number of ketones is 1. The highest BCUT2D eigenvalue weighted by Gasteiger charge is 2.18. The standard InChI is InChI=1S/C15H21NO4/c1-3-20-13-8-5-4-7-12(13)15(19)11(2)16-10-6-9-14(17)18/h4-5,7-8,11,16H,3,6,9-10H2,1-2H3,(H,17,18). The van der Waals surface area contributed by atoms with Gasteiger partial charge < -0.3 is 15.2 Å². The number of aliphatic carboxylic acids is 1. The Morgan fingerprint density at radius 3 is 2.70 bits per heavy atom. The number of ether oxygens (including phenoxy) is 1. The van der Waals surface area contributed by atoms with Crippen molar-refractivity contribution in [2.24, 2.45) is 0 Å². The van der Waals surface area contributed by atoms with Gasteiger partial charge in [0.2, 0.25) is 0 Å². The SMILES string of the molecule is CCOc1ccccc1C(=O)C(C)NCCCC(=O)O. The van der Waals surface area contributed by atoms with Crippen molar-refractivity contribution in [2.45, 2.75) is 32.7 Å². The van der Waals surface area contributed by atoms with Crippen molar-refractivity contribution < 1.29 is 19.4 Å². The van der Waals surface area contributed by atoms with Crippen LogP contribution in [0, 0.1) is 0 Å². The monoisotopic (exact) mass is 279 g/mol. The first-order valence-corrected chi connectivity index (χ1v) is 6.77. The molecule has 0 aliphatic carbocycles. The molecule has 2 N–H and O–H groups in total. The summed E-state index contributed by atoms with van der Waals surface area (Å²) in [7, 11) is 0. The molecule has 1 aromatic rings. The van der Waals surface area contributed by atoms with Gasteiger partial charge in [-0.2, -0.15) is 0 Å². The van der Waals surface area contributed by atoms with Crippen LogP contribution in [-0.4, -0.2) is 36.1 Å². The Morgan fingerprint density at radius 1 is 1.35 bits per heavy atom. The minimum Gasteiger partial charge on any atom is -0.493 e. The fraction of sp³-hybridized carbons (Fsp3) is 0.467. The van der Waals surface area contributed by atoms with Gasteiger partial charge in [-0.3, -0.25) is 9.59 Å². The predicted molar refractivity (Wildman–Crippen MR) is 76.3 cm³/mol. The summed E-state index contributed by atoms with van der Waals surface area (Å²) in [5, 5.41) is 11.6. The maximum Gasteiger partial charge on any atom is 0.303 e. The van der Waals surface area contributed by atoms with Crippen LogP contribution in [0.3, 0.4) is 0 Å². The molecule has 1 aromatic carbocycles. The van der Waals surface area contributed by atoms with Gasteiger partial charge in [0.15, 0.2) is 5.78 Å². The summed E-state index contributed by atoms with van der Waals surface area (Å²) in [5.41, 5.74) is 0.549. The molecule has 0 amide bonds. The van der Waals surface area contributed by atoms with Crippen LogP contribution in [0.25, 0.3) is 0 Å². The summed E-state index contributed by atoms with van der Waals surface area (Å²) in [6.45, 7) is 4.64. The molecular weight excluding hydrogens is 258 g/mol. The first-order chi connectivity index (χ1) is 9.56. The van der Waals surface area contributed by atoms with Crippen molar-refractivity contribution in [3.8, 4) is 5.75 Å². The molecule has 1 atom stereocenters. The number of hydrogen-bond acceptors (Lipinski definition) is 4. The van der Waals surface area contributed by atoms with E-state index in [9.17, 15) is 9.59 Å². The lowest BCUT2D eigenvalue weighted by Crippen LogP contribution is -2.35. The van der Waals surface area contributed by atoms with E-state index in [0.717, 1.165) is 0 Å². The van der Waals surface area contributed by atoms with Crippen molar-refractivity contribution in [1.29, 1.82) is 0 Å². The number of benzene rings is 1. The Hall–Kier alpha value is -1.88. The molecule has 110 valence electrons. The van der Waals surface area contributed by atoms with Crippen LogP contribution < -0.4 is 10.1 Å². The van der Waals surface area contributed by atoms with Crippen LogP contribution in [0.15, 0.2) is 24.3 Å². The first kappa shape index (κ1) is 16.2. The number of nitrogens with one attached hydrogen (secondary N) is 1. The number of carbonyl (C=O) groups is 2. The summed E-state index contributed by atoms with van der Waals surface area (Å²) in [5.74, 6) is -0.295. The zero-order valence-corrected chi connectivity index (χ0v) is 11.9. The second kappa shape index (κ2) is 8.32. The van der Waals surface area contributed by atoms with Gasteiger partial charge in [-0.15, -0.1) is 0 Å². The zero-order chi connectivity index (χ0) is 15.0. The van der Waals surface area contributed by atoms with Gasteiger partial charge in [-0.1, -0.05) is 12.1 Å². The number of carboxylic acids is 1. The lowest BCUT2D eigenvalue weighted by molar-refractivity contribution is -0.137. The number of carboxylic acid groups (broad SMARTS) is 1. The van der Waals surface area contributed by atoms with Gasteiger partial charge in [0, 0.05) is 6.42 Å². The molecule has 0 fully saturated rings. The van der Waals surface area contributed by atoms with E-state index < -0.39 is 5.97 Å². The van der Waals surface area contributed by atoms with E-state index in [2.05, 4.69) is 5.32 Å². The predicted octanol–water partition coefficient (Wildman–Crippen LogP) is 2.11. The molecule has 0 heterocycles. The van der Waals surface area contributed by atoms with Crippen molar-refractivity contribution in [2.75, 3.05) is 13.2 Å². The van der Waals surface area contributed by atoms with E-state index in [0.29, 0.717) is 30.9 Å². The average Bonchev–Trinajstić information content (AvgIpc) is 2.43. The van der Waals surface area contributed by atoms with Gasteiger partial charge in [0.05, 0.1) is 18.2 Å². The van der Waals surface area contributed by atoms with E-state index >= 15 is 0 Å². The summed E-state index contributed by atoms with van der Waals surface area (Å²) in [4.78, 5) is 22.7. The molecular formula is C15H21NO4. The fourth-order valence-corrected chi connectivity index (χ4v) is 1.84. The fourth-order valence-electron chi connectivity index (χ4n) is 1.84. The maximum absolute atomic E-state index is 12.3. The topological polar surface area (TPSA) is 75.6 Å². The quantitative estimate of drug-likeness (QED) is 0.535. The summed E-state index contributed by atoms with van der Waals surface area (Å²) in [6.07, 6.45) is 0.601. The third kappa shape index (κ3) is 5.01. The Balaban J connectivity index is 2.58. The molecule has 5 heteroatoms. The minimum atomic E-state index is -0.826. The summed E-state index contributed by atoms with van der Waals surface area (Å²) < 4.78 is 5.44. The Kier molecular flexibility index (Phi) is 6.73. The molecule has 0 bridgehead atoms. The van der Waals surface area contributed by atoms with Crippen LogP contribution in [0.4, 0.5) is 0 Å². The second-order valence-corrected chi connectivity index (χ2v) is 4.47. The van der Waals surface area contributed by atoms with Crippen molar-refractivity contribution >= 4 is 11.8 Å². The molecule has 0 aliphatic heterocycles. The summed E-state index contributed by atoms with van der Waals surface area (Å²) >= 11 is 0. The molecule has 0 saturated heterocycles. The molecule has 0 aliphatic rings. The third-order valence-corrected chi connectivity index (χ3v) is 2.86. The van der Waals surface area contributed by atoms with E-state index in [-0.39, 0.29) is 18.2 Å². The number of para-hydroxylation sites is 1. The van der Waals surface area contributed by atoms with E-state index in [4.69, 9.17) is 9.84 Å². The maximum atomic E-state index is 12.3. The molecule has 20 heavy (non-hydrogen) atoms. The minimum absolute atomic E-state index is 0.0515. The number of carbonyl (C=O) groups excluding carboxylic acids is 1. The van der Waals surface area contributed by atoms with Crippen LogP contribution in [0.2, 0.25) is 0 Å². The van der Waals surface area contributed by atoms with Crippen LogP contribution in [-0.2, 0) is 4.79 Å². The van der Waals surface area contributed by atoms with Crippen LogP contribution in [0.1, 0.15) is 37.0 Å². The van der Waals surface area contributed by atoms with Crippen LogP contribution >= 0.6 is 0 Å². The number of hydrogen-bond donors (Lipinski definition) is 2. The highest BCUT2D eigenvalue weighted by Crippen LogP contribution is 2.19. The molecule has 0 saturated carbocycles. The molecule has 0 aromatic heterocycles. The molecule has 1 unspecified atom stereocenters. The Labute approximate surface area is 118 Å². The highest BCUT2D eigenvalue weighted by atomic mass is 16.5. The molecule has 0 radical (unpaired) electrons. The van der Waals surface area contributed by atoms with E-state index in [1.165, 1.54) is 0 Å². The van der Waals surface area contributed by atoms with Gasteiger partial charge in [0.25, 0.3) is 0 Å². The largest absolute Gasteiger partial charge is 0.493 e. The van der Waals surface area contributed by atoms with Gasteiger partial charge in [0.1, 0.15) is 5.75 Å². The number of rotatable bonds is 9. The lowest BCUT2D eigenvalue weighted by atomic mass is 10.0. The van der Waals surface area contributed by atoms with Gasteiger partial charge in [-0.05, 0) is 38.9 Å². The Morgan fingerprint density at radius 2 is 2.05 bits per heavy atom. The molecule has 0 spiro atoms. The van der Waals surface area contributed by atoms with Crippen molar-refractivity contribution in [3.63, 3.8) is 0 Å². The molecule has 5 nitrogen and oxygen atoms in total. The Bertz CT molecular complexity index is 459. The van der Waals surface area contributed by atoms with Gasteiger partial charge in [-0.25, -0.2) is 0 Å². The lowest BCUT2D eigenvalue weighted by Gasteiger charge is -2.15. The van der Waals surface area contributed by atoms with E-state index in [1.54, 1.807) is 25.1 Å². The first-order valence-electron chi connectivity index (χ1n) is 6.77. The highest BCUT2D eigenvalue weighted by molar-refractivity contribution is 6.02. The second-order valence-electron chi connectivity index (χ2n) is 4.47. The van der Waals surface area contributed by atoms with Gasteiger partial charge >= 0.3 is 5.97 Å². The van der Waals surface area contributed by atoms with E-state index in [1.807, 2.05) is 13.0 Å². The average molecular weight is 279 g/mol. The summed E-state index contributed by atoms with van der Waals surface area (Å²) in [6, 6.07) is 6.77. The smallest absolute Gasteiger partial charge is 0.303 e. The number of Topliss-reactive ketones (excluding diaryl/α,β-unsaturated/α-hetero) is 1. The normalized spacial score (nSPS) is 11.9. The zero-order valence-electron chi connectivity index (χ0n) is 11.9. The third-order valence-electron chi connectivity index (χ3n) is 2.86.